The van der Waals surface area contributed by atoms with E-state index >= 15 is 0 Å². The second-order valence-electron chi connectivity index (χ2n) is 4.27. The first kappa shape index (κ1) is 15.8. The maximum atomic E-state index is 10.4. The smallest absolute Gasteiger partial charge is 0.405 e. The molecular formula is C14H20ClNO3. The predicted octanol–water partition coefficient (Wildman–Crippen LogP) is 3.59. The number of halogens is 1. The lowest BCUT2D eigenvalue weighted by Crippen LogP contribution is -2.15. The minimum atomic E-state index is -0.744. The largest absolute Gasteiger partial charge is 0.442 e. The molecule has 2 rings (SSSR count). The van der Waals surface area contributed by atoms with E-state index in [0.717, 1.165) is 18.6 Å². The molecule has 0 saturated carbocycles. The van der Waals surface area contributed by atoms with Crippen LogP contribution in [0.5, 0.6) is 0 Å². The summed E-state index contributed by atoms with van der Waals surface area (Å²) in [5.41, 5.74) is 5.82. The van der Waals surface area contributed by atoms with Crippen LogP contribution < -0.4 is 5.73 Å². The van der Waals surface area contributed by atoms with Crippen LogP contribution >= 0.6 is 11.6 Å². The molecule has 2 atom stereocenters. The molecule has 1 heterocycles. The Morgan fingerprint density at radius 2 is 2.11 bits per heavy atom. The van der Waals surface area contributed by atoms with Gasteiger partial charge in [-0.1, -0.05) is 41.9 Å². The highest BCUT2D eigenvalue weighted by Crippen LogP contribution is 2.15. The van der Waals surface area contributed by atoms with Gasteiger partial charge in [0.25, 0.3) is 0 Å². The van der Waals surface area contributed by atoms with Gasteiger partial charge < -0.3 is 15.2 Å². The van der Waals surface area contributed by atoms with Crippen LogP contribution in [0.15, 0.2) is 30.3 Å². The van der Waals surface area contributed by atoms with Gasteiger partial charge in [-0.15, -0.1) is 0 Å². The van der Waals surface area contributed by atoms with E-state index in [2.05, 4.69) is 0 Å². The van der Waals surface area contributed by atoms with Gasteiger partial charge in [0.05, 0.1) is 0 Å². The molecule has 1 aromatic rings. The highest BCUT2D eigenvalue weighted by molar-refractivity contribution is 6.19. The molecule has 0 radical (unpaired) electrons. The van der Waals surface area contributed by atoms with Gasteiger partial charge in [0.2, 0.25) is 0 Å². The van der Waals surface area contributed by atoms with Crippen molar-refractivity contribution in [2.45, 2.75) is 37.9 Å². The summed E-state index contributed by atoms with van der Waals surface area (Å²) in [6.45, 7) is 2.63. The molecule has 0 bridgehead atoms. The summed E-state index contributed by atoms with van der Waals surface area (Å²) in [7, 11) is 0. The fraction of sp³-hybridized carbons (Fsp3) is 0.500. The zero-order chi connectivity index (χ0) is 14.1. The third kappa shape index (κ3) is 7.03. The van der Waals surface area contributed by atoms with Crippen molar-refractivity contribution in [3.05, 3.63) is 35.9 Å². The molecule has 2 unspecified atom stereocenters. The van der Waals surface area contributed by atoms with Gasteiger partial charge in [-0.2, -0.15) is 0 Å². The SMILES string of the molecule is CC(OC(N)=O)c1ccccc1.ClC1CCCCO1. The van der Waals surface area contributed by atoms with E-state index < -0.39 is 6.09 Å². The van der Waals surface area contributed by atoms with E-state index in [1.54, 1.807) is 6.92 Å². The van der Waals surface area contributed by atoms with Gasteiger partial charge in [0.1, 0.15) is 11.7 Å². The Labute approximate surface area is 118 Å². The molecular weight excluding hydrogens is 266 g/mol. The van der Waals surface area contributed by atoms with Crippen LogP contribution in [0.2, 0.25) is 0 Å². The number of hydrogen-bond donors (Lipinski definition) is 1. The average molecular weight is 286 g/mol. The van der Waals surface area contributed by atoms with Crippen LogP contribution in [-0.4, -0.2) is 18.3 Å². The summed E-state index contributed by atoms with van der Waals surface area (Å²) < 4.78 is 9.82. The van der Waals surface area contributed by atoms with Crippen molar-refractivity contribution in [2.24, 2.45) is 5.73 Å². The Morgan fingerprint density at radius 3 is 2.53 bits per heavy atom. The van der Waals surface area contributed by atoms with Crippen LogP contribution in [0, 0.1) is 0 Å². The van der Waals surface area contributed by atoms with Gasteiger partial charge in [-0.3, -0.25) is 0 Å². The topological polar surface area (TPSA) is 61.5 Å². The molecule has 0 aliphatic carbocycles. The molecule has 1 aliphatic heterocycles. The van der Waals surface area contributed by atoms with Crippen molar-refractivity contribution < 1.29 is 14.3 Å². The van der Waals surface area contributed by atoms with Gasteiger partial charge in [-0.25, -0.2) is 4.79 Å². The van der Waals surface area contributed by atoms with Crippen LogP contribution in [-0.2, 0) is 9.47 Å². The summed E-state index contributed by atoms with van der Waals surface area (Å²) in [5.74, 6) is 0. The van der Waals surface area contributed by atoms with Crippen LogP contribution in [0.25, 0.3) is 0 Å². The Morgan fingerprint density at radius 1 is 1.42 bits per heavy atom. The highest BCUT2D eigenvalue weighted by atomic mass is 35.5. The molecule has 2 N–H and O–H groups in total. The monoisotopic (exact) mass is 285 g/mol. The molecule has 1 aliphatic rings. The van der Waals surface area contributed by atoms with Crippen molar-refractivity contribution in [2.75, 3.05) is 6.61 Å². The van der Waals surface area contributed by atoms with E-state index in [4.69, 9.17) is 26.8 Å². The summed E-state index contributed by atoms with van der Waals surface area (Å²) in [5, 5.41) is 0. The molecule has 1 fully saturated rings. The quantitative estimate of drug-likeness (QED) is 0.845. The van der Waals surface area contributed by atoms with E-state index in [-0.39, 0.29) is 11.7 Å². The summed E-state index contributed by atoms with van der Waals surface area (Å²) in [4.78, 5) is 10.4. The zero-order valence-electron chi connectivity index (χ0n) is 11.0. The molecule has 1 aromatic carbocycles. The van der Waals surface area contributed by atoms with Gasteiger partial charge in [0.15, 0.2) is 0 Å². The maximum absolute atomic E-state index is 10.4. The fourth-order valence-electron chi connectivity index (χ4n) is 1.67. The zero-order valence-corrected chi connectivity index (χ0v) is 11.8. The first-order valence-electron chi connectivity index (χ1n) is 6.36. The summed E-state index contributed by atoms with van der Waals surface area (Å²) in [6.07, 6.45) is 2.42. The highest BCUT2D eigenvalue weighted by Gasteiger charge is 2.08. The number of benzene rings is 1. The molecule has 4 nitrogen and oxygen atoms in total. The lowest BCUT2D eigenvalue weighted by atomic mass is 10.1. The Hall–Kier alpha value is -1.26. The number of alkyl halides is 1. The number of nitrogens with two attached hydrogens (primary N) is 1. The standard InChI is InChI=1S/C9H11NO2.C5H9ClO/c1-7(12-9(10)11)8-5-3-2-4-6-8;6-5-3-1-2-4-7-5/h2-7H,1H3,(H2,10,11);5H,1-4H2. The third-order valence-corrected chi connectivity index (χ3v) is 3.03. The first-order valence-corrected chi connectivity index (χ1v) is 6.80. The normalized spacial score (nSPS) is 19.8. The number of carbonyl (C=O) groups excluding carboxylic acids is 1. The van der Waals surface area contributed by atoms with Crippen molar-refractivity contribution in [1.29, 1.82) is 0 Å². The minimum Gasteiger partial charge on any atom is -0.442 e. The van der Waals surface area contributed by atoms with Gasteiger partial charge in [-0.05, 0) is 31.7 Å². The Kier molecular flexibility index (Phi) is 7.30. The van der Waals surface area contributed by atoms with Crippen molar-refractivity contribution in [3.8, 4) is 0 Å². The number of ether oxygens (including phenoxy) is 2. The number of primary amides is 1. The summed E-state index contributed by atoms with van der Waals surface area (Å²) in [6, 6.07) is 9.44. The van der Waals surface area contributed by atoms with E-state index in [1.807, 2.05) is 30.3 Å². The fourth-order valence-corrected chi connectivity index (χ4v) is 1.91. The van der Waals surface area contributed by atoms with Crippen LogP contribution in [0.3, 0.4) is 0 Å². The van der Waals surface area contributed by atoms with Gasteiger partial charge >= 0.3 is 6.09 Å². The minimum absolute atomic E-state index is 0.00810. The molecule has 19 heavy (non-hydrogen) atoms. The summed E-state index contributed by atoms with van der Waals surface area (Å²) >= 11 is 5.59. The molecule has 106 valence electrons. The van der Waals surface area contributed by atoms with E-state index in [9.17, 15) is 4.79 Å². The number of hydrogen-bond acceptors (Lipinski definition) is 3. The molecule has 5 heteroatoms. The molecule has 0 spiro atoms. The van der Waals surface area contributed by atoms with Crippen LogP contribution in [0.4, 0.5) is 4.79 Å². The average Bonchev–Trinajstić information content (AvgIpc) is 2.40. The Bertz CT molecular complexity index is 366. The molecule has 0 aromatic heterocycles. The second kappa shape index (κ2) is 8.77. The van der Waals surface area contributed by atoms with E-state index in [0.29, 0.717) is 0 Å². The number of amides is 1. The lowest BCUT2D eigenvalue weighted by molar-refractivity contribution is 0.0680. The first-order chi connectivity index (χ1) is 9.09. The molecule has 1 amide bonds. The van der Waals surface area contributed by atoms with Crippen molar-refractivity contribution in [3.63, 3.8) is 0 Å². The lowest BCUT2D eigenvalue weighted by Gasteiger charge is -2.15. The molecule has 1 saturated heterocycles. The predicted molar refractivity (Wildman–Crippen MR) is 75.0 cm³/mol. The number of rotatable bonds is 2. The number of carbonyl (C=O) groups is 1. The van der Waals surface area contributed by atoms with Crippen molar-refractivity contribution >= 4 is 17.7 Å². The maximum Gasteiger partial charge on any atom is 0.405 e. The van der Waals surface area contributed by atoms with Crippen molar-refractivity contribution in [1.82, 2.24) is 0 Å². The second-order valence-corrected chi connectivity index (χ2v) is 4.75. The van der Waals surface area contributed by atoms with Gasteiger partial charge in [0, 0.05) is 6.61 Å². The third-order valence-electron chi connectivity index (χ3n) is 2.69. The van der Waals surface area contributed by atoms with Crippen LogP contribution in [0.1, 0.15) is 37.9 Å². The Balaban J connectivity index is 0.000000218. The van der Waals surface area contributed by atoms with E-state index in [1.165, 1.54) is 12.8 Å².